The quantitative estimate of drug-likeness (QED) is 0.541. The second kappa shape index (κ2) is 5.98. The first-order valence-corrected chi connectivity index (χ1v) is 8.76. The number of furan rings is 1. The lowest BCUT2D eigenvalue weighted by atomic mass is 10.1. The number of hydrogen-bond donors (Lipinski definition) is 2. The predicted octanol–water partition coefficient (Wildman–Crippen LogP) is 3.40. The average molecular weight is 371 g/mol. The van der Waals surface area contributed by atoms with Gasteiger partial charge in [0.25, 0.3) is 11.5 Å². The molecule has 0 aliphatic heterocycles. The highest BCUT2D eigenvalue weighted by molar-refractivity contribution is 7.73. The number of nitrogens with zero attached hydrogens (tertiary/aromatic N) is 1. The summed E-state index contributed by atoms with van der Waals surface area (Å²) in [5.74, 6) is 0.340. The monoisotopic (exact) mass is 371 g/mol. The third kappa shape index (κ3) is 2.69. The van der Waals surface area contributed by atoms with Crippen LogP contribution in [0.2, 0.25) is 0 Å². The summed E-state index contributed by atoms with van der Waals surface area (Å²) in [4.78, 5) is 28.1. The van der Waals surface area contributed by atoms with E-state index in [1.807, 2.05) is 25.1 Å². The lowest BCUT2D eigenvalue weighted by Gasteiger charge is -2.05. The molecule has 0 saturated heterocycles. The molecular formula is C17H13N3O3S2. The summed E-state index contributed by atoms with van der Waals surface area (Å²) in [7, 11) is 0. The highest BCUT2D eigenvalue weighted by atomic mass is 32.1. The van der Waals surface area contributed by atoms with Gasteiger partial charge in [-0.05, 0) is 43.4 Å². The van der Waals surface area contributed by atoms with Gasteiger partial charge < -0.3 is 14.7 Å². The van der Waals surface area contributed by atoms with E-state index in [0.29, 0.717) is 31.1 Å². The number of benzene rings is 1. The number of amides is 1. The third-order valence-corrected chi connectivity index (χ3v) is 5.26. The van der Waals surface area contributed by atoms with Crippen molar-refractivity contribution in [2.45, 2.75) is 13.5 Å². The third-order valence-electron chi connectivity index (χ3n) is 3.89. The molecule has 126 valence electrons. The standard InChI is InChI=1S/C17H13N3O3S2/c1-9-4-5-12-11(7-9)15(21)19-14-13(25-17(24)20(12)14)16(22)18-8-10-3-2-6-23-10/h2-7H,8H2,1H3,(H,18,22)(H,19,21). The van der Waals surface area contributed by atoms with Crippen LogP contribution < -0.4 is 10.9 Å². The van der Waals surface area contributed by atoms with Gasteiger partial charge >= 0.3 is 0 Å². The molecule has 0 spiro atoms. The molecule has 0 radical (unpaired) electrons. The highest BCUT2D eigenvalue weighted by Crippen LogP contribution is 2.23. The number of thiazole rings is 1. The molecule has 8 heteroatoms. The van der Waals surface area contributed by atoms with Crippen LogP contribution in [0, 0.1) is 10.9 Å². The highest BCUT2D eigenvalue weighted by Gasteiger charge is 2.18. The van der Waals surface area contributed by atoms with Gasteiger partial charge in [0.05, 0.1) is 23.7 Å². The van der Waals surface area contributed by atoms with Gasteiger partial charge in [0, 0.05) is 0 Å². The molecule has 0 saturated carbocycles. The van der Waals surface area contributed by atoms with E-state index in [0.717, 1.165) is 5.56 Å². The minimum atomic E-state index is -0.308. The number of hydrogen-bond acceptors (Lipinski definition) is 5. The number of rotatable bonds is 3. The van der Waals surface area contributed by atoms with E-state index in [4.69, 9.17) is 16.6 Å². The molecule has 0 unspecified atom stereocenters. The fourth-order valence-electron chi connectivity index (χ4n) is 2.72. The molecule has 3 heterocycles. The Labute approximate surface area is 150 Å². The normalized spacial score (nSPS) is 11.2. The fourth-order valence-corrected chi connectivity index (χ4v) is 4.02. The summed E-state index contributed by atoms with van der Waals surface area (Å²) in [5.41, 5.74) is 1.84. The van der Waals surface area contributed by atoms with Crippen molar-refractivity contribution in [3.63, 3.8) is 0 Å². The van der Waals surface area contributed by atoms with Crippen molar-refractivity contribution >= 4 is 46.0 Å². The van der Waals surface area contributed by atoms with E-state index in [1.54, 1.807) is 22.8 Å². The zero-order valence-corrected chi connectivity index (χ0v) is 14.8. The molecule has 2 N–H and O–H groups in total. The molecule has 0 bridgehead atoms. The maximum Gasteiger partial charge on any atom is 0.265 e. The Morgan fingerprint density at radius 3 is 3.00 bits per heavy atom. The van der Waals surface area contributed by atoms with Crippen LogP contribution in [0.1, 0.15) is 21.0 Å². The van der Waals surface area contributed by atoms with Crippen LogP contribution in [-0.2, 0) is 6.54 Å². The Kier molecular flexibility index (Phi) is 3.78. The summed E-state index contributed by atoms with van der Waals surface area (Å²) in [6, 6.07) is 9.10. The number of aromatic amines is 1. The van der Waals surface area contributed by atoms with Crippen molar-refractivity contribution in [2.75, 3.05) is 0 Å². The summed E-state index contributed by atoms with van der Waals surface area (Å²) < 4.78 is 7.44. The number of carbonyl (C=O) groups is 1. The van der Waals surface area contributed by atoms with Gasteiger partial charge in [-0.2, -0.15) is 0 Å². The molecule has 0 atom stereocenters. The maximum atomic E-state index is 12.5. The molecule has 4 rings (SSSR count). The lowest BCUT2D eigenvalue weighted by molar-refractivity contribution is 0.0953. The molecule has 0 fully saturated rings. The van der Waals surface area contributed by atoms with Crippen LogP contribution in [0.3, 0.4) is 0 Å². The van der Waals surface area contributed by atoms with E-state index < -0.39 is 0 Å². The Morgan fingerprint density at radius 2 is 2.24 bits per heavy atom. The number of nitrogens with one attached hydrogen (secondary N) is 2. The van der Waals surface area contributed by atoms with E-state index in [2.05, 4.69) is 10.3 Å². The topological polar surface area (TPSA) is 79.5 Å². The van der Waals surface area contributed by atoms with Crippen molar-refractivity contribution in [3.05, 3.63) is 67.1 Å². The van der Waals surface area contributed by atoms with E-state index in [9.17, 15) is 9.59 Å². The van der Waals surface area contributed by atoms with Crippen molar-refractivity contribution in [1.29, 1.82) is 0 Å². The first-order valence-electron chi connectivity index (χ1n) is 7.53. The van der Waals surface area contributed by atoms with E-state index in [1.165, 1.54) is 11.3 Å². The minimum Gasteiger partial charge on any atom is -0.467 e. The SMILES string of the molecule is Cc1ccc2c(c1)c(=O)[nH]c1c(C(=O)NCc3ccco3)sc(=S)n12. The molecule has 1 aromatic carbocycles. The largest absolute Gasteiger partial charge is 0.467 e. The summed E-state index contributed by atoms with van der Waals surface area (Å²) in [5, 5.41) is 3.32. The number of aromatic nitrogens is 2. The van der Waals surface area contributed by atoms with Crippen LogP contribution in [0.15, 0.2) is 45.8 Å². The minimum absolute atomic E-state index is 0.244. The molecule has 4 aromatic rings. The van der Waals surface area contributed by atoms with Crippen molar-refractivity contribution in [3.8, 4) is 0 Å². The molecular weight excluding hydrogens is 358 g/mol. The molecule has 0 aliphatic rings. The smallest absolute Gasteiger partial charge is 0.265 e. The zero-order chi connectivity index (χ0) is 17.6. The Hall–Kier alpha value is -2.71. The van der Waals surface area contributed by atoms with Crippen LogP contribution in [0.5, 0.6) is 0 Å². The lowest BCUT2D eigenvalue weighted by Crippen LogP contribution is -2.22. The van der Waals surface area contributed by atoms with Gasteiger partial charge in [-0.25, -0.2) is 0 Å². The van der Waals surface area contributed by atoms with Gasteiger partial charge in [0.2, 0.25) is 0 Å². The fraction of sp³-hybridized carbons (Fsp3) is 0.118. The van der Waals surface area contributed by atoms with Crippen molar-refractivity contribution in [1.82, 2.24) is 14.7 Å². The van der Waals surface area contributed by atoms with Crippen molar-refractivity contribution < 1.29 is 9.21 Å². The molecule has 25 heavy (non-hydrogen) atoms. The second-order valence-corrected chi connectivity index (χ2v) is 7.26. The summed E-state index contributed by atoms with van der Waals surface area (Å²) in [6.45, 7) is 2.18. The van der Waals surface area contributed by atoms with E-state index >= 15 is 0 Å². The Bertz CT molecular complexity index is 1220. The van der Waals surface area contributed by atoms with Crippen LogP contribution in [0.25, 0.3) is 16.6 Å². The average Bonchev–Trinajstić information content (AvgIpc) is 3.21. The Morgan fingerprint density at radius 1 is 1.40 bits per heavy atom. The van der Waals surface area contributed by atoms with Crippen molar-refractivity contribution in [2.24, 2.45) is 0 Å². The van der Waals surface area contributed by atoms with Gasteiger partial charge in [-0.1, -0.05) is 23.0 Å². The summed E-state index contributed by atoms with van der Waals surface area (Å²) in [6.07, 6.45) is 1.55. The molecule has 1 amide bonds. The predicted molar refractivity (Wildman–Crippen MR) is 98.8 cm³/mol. The Balaban J connectivity index is 1.84. The molecule has 3 aromatic heterocycles. The zero-order valence-electron chi connectivity index (χ0n) is 13.2. The number of H-pyrrole nitrogens is 1. The maximum absolute atomic E-state index is 12.5. The number of fused-ring (bicyclic) bond motifs is 3. The van der Waals surface area contributed by atoms with Gasteiger partial charge in [-0.15, -0.1) is 0 Å². The van der Waals surface area contributed by atoms with Crippen LogP contribution >= 0.6 is 23.6 Å². The second-order valence-electron chi connectivity index (χ2n) is 5.62. The number of aryl methyl sites for hydroxylation is 1. The molecule has 0 aliphatic carbocycles. The first kappa shape index (κ1) is 15.8. The van der Waals surface area contributed by atoms with Gasteiger partial charge in [0.15, 0.2) is 3.95 Å². The summed E-state index contributed by atoms with van der Waals surface area (Å²) >= 11 is 6.59. The van der Waals surface area contributed by atoms with Crippen LogP contribution in [-0.4, -0.2) is 15.3 Å². The number of carbonyl (C=O) groups excluding carboxylic acids is 1. The molecule has 6 nitrogen and oxygen atoms in total. The van der Waals surface area contributed by atoms with E-state index in [-0.39, 0.29) is 18.0 Å². The van der Waals surface area contributed by atoms with Gasteiger partial charge in [0.1, 0.15) is 16.3 Å². The van der Waals surface area contributed by atoms with Gasteiger partial charge in [-0.3, -0.25) is 14.0 Å². The van der Waals surface area contributed by atoms with Crippen LogP contribution in [0.4, 0.5) is 0 Å². The first-order chi connectivity index (χ1) is 12.0.